The molecule has 0 saturated carbocycles. The van der Waals surface area contributed by atoms with Crippen molar-refractivity contribution in [1.82, 2.24) is 10.3 Å². The Morgan fingerprint density at radius 1 is 0.833 bits per heavy atom. The molecule has 42 heavy (non-hydrogen) atoms. The fourth-order valence-corrected chi connectivity index (χ4v) is 6.27. The maximum Gasteiger partial charge on any atom is 0.253 e. The number of para-hydroxylation sites is 1. The van der Waals surface area contributed by atoms with Crippen LogP contribution in [0.5, 0.6) is 17.2 Å². The number of ether oxygens (including phenoxy) is 3. The van der Waals surface area contributed by atoms with E-state index in [1.54, 1.807) is 33.1 Å². The number of nitrogens with zero attached hydrogens (tertiary/aromatic N) is 1. The standard InChI is InChI=1S/C35H34N2O4S/c1-5-28(23-14-8-6-9-15-23)37-35(38)32-26-18-12-13-19-29(26)36-33(24-16-10-7-11-17-24)34(32)42-22-27-30(40-3)20-25(39-2)21-31(27)41-4/h6-21,28H,5,22H2,1-4H3,(H,37,38)/t28-/m0/s1. The van der Waals surface area contributed by atoms with E-state index < -0.39 is 0 Å². The minimum absolute atomic E-state index is 0.134. The summed E-state index contributed by atoms with van der Waals surface area (Å²) in [6, 6.07) is 31.4. The van der Waals surface area contributed by atoms with Crippen molar-refractivity contribution in [3.63, 3.8) is 0 Å². The Bertz CT molecular complexity index is 1650. The quantitative estimate of drug-likeness (QED) is 0.160. The van der Waals surface area contributed by atoms with Crippen LogP contribution in [0.4, 0.5) is 0 Å². The second-order valence-electron chi connectivity index (χ2n) is 9.69. The predicted molar refractivity (Wildman–Crippen MR) is 170 cm³/mol. The van der Waals surface area contributed by atoms with Crippen LogP contribution in [0.3, 0.4) is 0 Å². The van der Waals surface area contributed by atoms with E-state index in [1.807, 2.05) is 97.1 Å². The first-order chi connectivity index (χ1) is 20.6. The van der Waals surface area contributed by atoms with E-state index in [0.717, 1.165) is 44.6 Å². The normalized spacial score (nSPS) is 11.6. The van der Waals surface area contributed by atoms with Crippen LogP contribution in [-0.4, -0.2) is 32.2 Å². The molecule has 214 valence electrons. The molecule has 1 N–H and O–H groups in total. The van der Waals surface area contributed by atoms with Crippen molar-refractivity contribution in [1.29, 1.82) is 0 Å². The minimum Gasteiger partial charge on any atom is -0.496 e. The van der Waals surface area contributed by atoms with Crippen LogP contribution < -0.4 is 19.5 Å². The van der Waals surface area contributed by atoms with Crippen LogP contribution in [0.15, 0.2) is 102 Å². The summed E-state index contributed by atoms with van der Waals surface area (Å²) in [5.41, 5.74) is 4.98. The maximum atomic E-state index is 14.3. The largest absolute Gasteiger partial charge is 0.496 e. The van der Waals surface area contributed by atoms with Crippen molar-refractivity contribution >= 4 is 28.6 Å². The summed E-state index contributed by atoms with van der Waals surface area (Å²) < 4.78 is 16.9. The number of carbonyl (C=O) groups is 1. The number of hydrogen-bond donors (Lipinski definition) is 1. The van der Waals surface area contributed by atoms with Crippen LogP contribution in [0.1, 0.15) is 40.9 Å². The molecule has 6 nitrogen and oxygen atoms in total. The summed E-state index contributed by atoms with van der Waals surface area (Å²) in [5, 5.41) is 4.12. The number of benzene rings is 4. The van der Waals surface area contributed by atoms with Gasteiger partial charge in [-0.15, -0.1) is 11.8 Å². The van der Waals surface area contributed by atoms with Crippen LogP contribution in [0.25, 0.3) is 22.2 Å². The van der Waals surface area contributed by atoms with E-state index in [4.69, 9.17) is 19.2 Å². The van der Waals surface area contributed by atoms with Crippen molar-refractivity contribution in [3.05, 3.63) is 114 Å². The van der Waals surface area contributed by atoms with Crippen LogP contribution >= 0.6 is 11.8 Å². The lowest BCUT2D eigenvalue weighted by molar-refractivity contribution is 0.0934. The average Bonchev–Trinajstić information content (AvgIpc) is 3.05. The molecule has 0 bridgehead atoms. The second kappa shape index (κ2) is 13.4. The van der Waals surface area contributed by atoms with Crippen molar-refractivity contribution in [2.45, 2.75) is 30.0 Å². The molecule has 1 aromatic heterocycles. The maximum absolute atomic E-state index is 14.3. The smallest absolute Gasteiger partial charge is 0.253 e. The second-order valence-corrected chi connectivity index (χ2v) is 10.7. The van der Waals surface area contributed by atoms with Gasteiger partial charge in [0.15, 0.2) is 0 Å². The molecule has 0 aliphatic heterocycles. The summed E-state index contributed by atoms with van der Waals surface area (Å²) in [7, 11) is 4.87. The van der Waals surface area contributed by atoms with Gasteiger partial charge in [-0.25, -0.2) is 4.98 Å². The number of methoxy groups -OCH3 is 3. The molecule has 0 fully saturated rings. The molecule has 1 heterocycles. The lowest BCUT2D eigenvalue weighted by atomic mass is 10.0. The zero-order chi connectivity index (χ0) is 29.5. The fraction of sp³-hybridized carbons (Fsp3) is 0.200. The molecule has 0 radical (unpaired) electrons. The SMILES string of the molecule is CC[C@H](NC(=O)c1c(SCc2c(OC)cc(OC)cc2OC)c(-c2ccccc2)nc2ccccc12)c1ccccc1. The lowest BCUT2D eigenvalue weighted by Gasteiger charge is -2.22. The first kappa shape index (κ1) is 29.0. The van der Waals surface area contributed by atoms with Crippen molar-refractivity contribution in [2.24, 2.45) is 0 Å². The first-order valence-corrected chi connectivity index (χ1v) is 14.8. The Labute approximate surface area is 251 Å². The van der Waals surface area contributed by atoms with E-state index >= 15 is 0 Å². The Morgan fingerprint density at radius 2 is 1.45 bits per heavy atom. The van der Waals surface area contributed by atoms with Gasteiger partial charge in [0.05, 0.1) is 44.1 Å². The molecule has 0 aliphatic carbocycles. The molecule has 0 spiro atoms. The van der Waals surface area contributed by atoms with Crippen molar-refractivity contribution in [2.75, 3.05) is 21.3 Å². The van der Waals surface area contributed by atoms with E-state index in [9.17, 15) is 4.79 Å². The van der Waals surface area contributed by atoms with Crippen LogP contribution in [0.2, 0.25) is 0 Å². The summed E-state index contributed by atoms with van der Waals surface area (Å²) >= 11 is 1.54. The highest BCUT2D eigenvalue weighted by Crippen LogP contribution is 2.43. The number of hydrogen-bond acceptors (Lipinski definition) is 6. The van der Waals surface area contributed by atoms with Gasteiger partial charge in [0.25, 0.3) is 5.91 Å². The number of fused-ring (bicyclic) bond motifs is 1. The van der Waals surface area contributed by atoms with Crippen LogP contribution in [0, 0.1) is 0 Å². The van der Waals surface area contributed by atoms with Crippen molar-refractivity contribution in [3.8, 4) is 28.5 Å². The molecule has 0 unspecified atom stereocenters. The van der Waals surface area contributed by atoms with Gasteiger partial charge in [-0.3, -0.25) is 4.79 Å². The Balaban J connectivity index is 1.66. The molecule has 0 saturated heterocycles. The van der Waals surface area contributed by atoms with Crippen molar-refractivity contribution < 1.29 is 19.0 Å². The Hall–Kier alpha value is -4.49. The van der Waals surface area contributed by atoms with E-state index in [2.05, 4.69) is 12.2 Å². The summed E-state index contributed by atoms with van der Waals surface area (Å²) in [4.78, 5) is 20.2. The van der Waals surface area contributed by atoms with Gasteiger partial charge in [-0.1, -0.05) is 85.8 Å². The molecule has 1 atom stereocenters. The summed E-state index contributed by atoms with van der Waals surface area (Å²) in [6.07, 6.45) is 0.757. The van der Waals surface area contributed by atoms with Gasteiger partial charge in [0, 0.05) is 39.3 Å². The first-order valence-electron chi connectivity index (χ1n) is 13.8. The summed E-state index contributed by atoms with van der Waals surface area (Å²) in [5.74, 6) is 2.27. The third-order valence-corrected chi connectivity index (χ3v) is 8.33. The van der Waals surface area contributed by atoms with E-state index in [1.165, 1.54) is 0 Å². The Morgan fingerprint density at radius 3 is 2.07 bits per heavy atom. The topological polar surface area (TPSA) is 69.7 Å². The van der Waals surface area contributed by atoms with Gasteiger partial charge in [0.2, 0.25) is 0 Å². The molecule has 1 amide bonds. The highest BCUT2D eigenvalue weighted by atomic mass is 32.2. The highest BCUT2D eigenvalue weighted by Gasteiger charge is 2.25. The number of thioether (sulfide) groups is 1. The van der Waals surface area contributed by atoms with Crippen LogP contribution in [-0.2, 0) is 5.75 Å². The zero-order valence-corrected chi connectivity index (χ0v) is 25.0. The van der Waals surface area contributed by atoms with E-state index in [-0.39, 0.29) is 11.9 Å². The molecule has 0 aliphatic rings. The van der Waals surface area contributed by atoms with Gasteiger partial charge < -0.3 is 19.5 Å². The predicted octanol–water partition coefficient (Wildman–Crippen LogP) is 8.10. The highest BCUT2D eigenvalue weighted by molar-refractivity contribution is 7.98. The molecular weight excluding hydrogens is 544 g/mol. The molecule has 4 aromatic carbocycles. The lowest BCUT2D eigenvalue weighted by Crippen LogP contribution is -2.29. The fourth-order valence-electron chi connectivity index (χ4n) is 5.05. The van der Waals surface area contributed by atoms with Gasteiger partial charge >= 0.3 is 0 Å². The van der Waals surface area contributed by atoms with Gasteiger partial charge in [-0.05, 0) is 18.1 Å². The molecule has 5 aromatic rings. The number of amides is 1. The van der Waals surface area contributed by atoms with E-state index in [0.29, 0.717) is 28.6 Å². The number of aromatic nitrogens is 1. The number of pyridine rings is 1. The average molecular weight is 579 g/mol. The molecular formula is C35H34N2O4S. The monoisotopic (exact) mass is 578 g/mol. The number of carbonyl (C=O) groups excluding carboxylic acids is 1. The number of nitrogens with one attached hydrogen (secondary N) is 1. The Kier molecular flexibility index (Phi) is 9.29. The molecule has 7 heteroatoms. The van der Waals surface area contributed by atoms with Gasteiger partial charge in [-0.2, -0.15) is 0 Å². The zero-order valence-electron chi connectivity index (χ0n) is 24.2. The molecule has 5 rings (SSSR count). The summed E-state index contributed by atoms with van der Waals surface area (Å²) in [6.45, 7) is 2.08. The number of rotatable bonds is 11. The third kappa shape index (κ3) is 6.06. The minimum atomic E-state index is -0.141. The van der Waals surface area contributed by atoms with Gasteiger partial charge in [0.1, 0.15) is 17.2 Å². The third-order valence-electron chi connectivity index (χ3n) is 7.22.